The molecule has 0 aliphatic heterocycles. The number of aromatic nitrogens is 2. The van der Waals surface area contributed by atoms with Gasteiger partial charge in [0, 0.05) is 0 Å². The van der Waals surface area contributed by atoms with Crippen molar-refractivity contribution in [3.8, 4) is 5.75 Å². The van der Waals surface area contributed by atoms with E-state index in [0.717, 1.165) is 10.8 Å². The molecule has 0 atom stereocenters. The second-order valence-electron chi connectivity index (χ2n) is 3.44. The molecule has 1 aromatic heterocycles. The zero-order valence-electron chi connectivity index (χ0n) is 8.73. The molecule has 1 aromatic carbocycles. The summed E-state index contributed by atoms with van der Waals surface area (Å²) in [6.45, 7) is 4.61. The van der Waals surface area contributed by atoms with E-state index >= 15 is 0 Å². The molecule has 4 heteroatoms. The van der Waals surface area contributed by atoms with E-state index in [1.807, 2.05) is 12.1 Å². The first-order chi connectivity index (χ1) is 7.24. The molecule has 0 aliphatic carbocycles. The van der Waals surface area contributed by atoms with Crippen molar-refractivity contribution in [1.29, 1.82) is 0 Å². The predicted octanol–water partition coefficient (Wildman–Crippen LogP) is 2.73. The van der Waals surface area contributed by atoms with Crippen LogP contribution < -0.4 is 4.74 Å². The number of hydrogen-bond donors (Lipinski definition) is 0. The molecule has 0 unspecified atom stereocenters. The van der Waals surface area contributed by atoms with Crippen LogP contribution in [0.1, 0.15) is 16.1 Å². The topological polar surface area (TPSA) is 35.0 Å². The molecule has 0 radical (unpaired) electrons. The van der Waals surface area contributed by atoms with Crippen LogP contribution in [0.5, 0.6) is 5.75 Å². The minimum Gasteiger partial charge on any atom is -0.486 e. The zero-order chi connectivity index (χ0) is 10.7. The van der Waals surface area contributed by atoms with Crippen molar-refractivity contribution in [2.45, 2.75) is 20.5 Å². The van der Waals surface area contributed by atoms with E-state index in [1.165, 1.54) is 22.5 Å². The molecule has 0 saturated carbocycles. The fourth-order valence-electron chi connectivity index (χ4n) is 1.42. The second-order valence-corrected chi connectivity index (χ2v) is 4.36. The van der Waals surface area contributed by atoms with Crippen molar-refractivity contribution in [2.24, 2.45) is 0 Å². The first-order valence-electron chi connectivity index (χ1n) is 4.70. The Bertz CT molecular complexity index is 420. The largest absolute Gasteiger partial charge is 0.486 e. The maximum atomic E-state index is 5.62. The summed E-state index contributed by atoms with van der Waals surface area (Å²) in [5, 5.41) is 8.58. The highest BCUT2D eigenvalue weighted by Crippen LogP contribution is 2.17. The molecule has 0 aliphatic rings. The Labute approximate surface area is 92.7 Å². The van der Waals surface area contributed by atoms with Crippen LogP contribution in [0.4, 0.5) is 0 Å². The Balaban J connectivity index is 2.05. The van der Waals surface area contributed by atoms with Gasteiger partial charge in [0.15, 0.2) is 5.01 Å². The molecular formula is C11H12N2OS. The number of nitrogens with zero attached hydrogens (tertiary/aromatic N) is 2. The van der Waals surface area contributed by atoms with Gasteiger partial charge in [-0.3, -0.25) is 0 Å². The summed E-state index contributed by atoms with van der Waals surface area (Å²) in [7, 11) is 0. The maximum Gasteiger partial charge on any atom is 0.154 e. The van der Waals surface area contributed by atoms with E-state index in [1.54, 1.807) is 5.51 Å². The van der Waals surface area contributed by atoms with Gasteiger partial charge in [0.1, 0.15) is 17.9 Å². The molecule has 1 heterocycles. The molecule has 15 heavy (non-hydrogen) atoms. The van der Waals surface area contributed by atoms with Crippen LogP contribution in [0.25, 0.3) is 0 Å². The van der Waals surface area contributed by atoms with Gasteiger partial charge in [-0.25, -0.2) is 0 Å². The van der Waals surface area contributed by atoms with Crippen molar-refractivity contribution in [1.82, 2.24) is 10.2 Å². The van der Waals surface area contributed by atoms with E-state index in [4.69, 9.17) is 4.74 Å². The average molecular weight is 220 g/mol. The first-order valence-corrected chi connectivity index (χ1v) is 5.58. The first kappa shape index (κ1) is 10.1. The summed E-state index contributed by atoms with van der Waals surface area (Å²) < 4.78 is 5.62. The molecule has 0 amide bonds. The Hall–Kier alpha value is -1.42. The van der Waals surface area contributed by atoms with E-state index < -0.39 is 0 Å². The second kappa shape index (κ2) is 4.40. The van der Waals surface area contributed by atoms with Gasteiger partial charge >= 0.3 is 0 Å². The normalized spacial score (nSPS) is 10.3. The molecule has 2 aromatic rings. The minimum atomic E-state index is 0.494. The van der Waals surface area contributed by atoms with Gasteiger partial charge in [0.05, 0.1) is 0 Å². The summed E-state index contributed by atoms with van der Waals surface area (Å²) in [5.41, 5.74) is 4.13. The number of aryl methyl sites for hydroxylation is 2. The van der Waals surface area contributed by atoms with E-state index in [0.29, 0.717) is 6.61 Å². The number of ether oxygens (including phenoxy) is 1. The zero-order valence-corrected chi connectivity index (χ0v) is 9.54. The lowest BCUT2D eigenvalue weighted by Crippen LogP contribution is -1.95. The molecule has 3 nitrogen and oxygen atoms in total. The van der Waals surface area contributed by atoms with Gasteiger partial charge in [0.25, 0.3) is 0 Å². The van der Waals surface area contributed by atoms with Crippen LogP contribution in [0.3, 0.4) is 0 Å². The SMILES string of the molecule is Cc1cc(C)cc(OCc2nncs2)c1. The third-order valence-corrected chi connectivity index (χ3v) is 2.63. The van der Waals surface area contributed by atoms with Gasteiger partial charge in [-0.2, -0.15) is 0 Å². The van der Waals surface area contributed by atoms with Crippen LogP contribution in [-0.2, 0) is 6.61 Å². The standard InChI is InChI=1S/C11H12N2OS/c1-8-3-9(2)5-10(4-8)14-6-11-13-12-7-15-11/h3-5,7H,6H2,1-2H3. The predicted molar refractivity (Wildman–Crippen MR) is 60.2 cm³/mol. The average Bonchev–Trinajstić information content (AvgIpc) is 2.65. The smallest absolute Gasteiger partial charge is 0.154 e. The van der Waals surface area contributed by atoms with Crippen LogP contribution in [0.2, 0.25) is 0 Å². The van der Waals surface area contributed by atoms with Crippen molar-refractivity contribution in [3.05, 3.63) is 39.8 Å². The molecule has 0 saturated heterocycles. The summed E-state index contributed by atoms with van der Waals surface area (Å²) in [5.74, 6) is 0.891. The molecule has 78 valence electrons. The van der Waals surface area contributed by atoms with Crippen LogP contribution >= 0.6 is 11.3 Å². The van der Waals surface area contributed by atoms with Gasteiger partial charge < -0.3 is 4.74 Å². The van der Waals surface area contributed by atoms with Crippen LogP contribution in [0.15, 0.2) is 23.7 Å². The summed E-state index contributed by atoms with van der Waals surface area (Å²) in [4.78, 5) is 0. The molecule has 0 spiro atoms. The molecule has 0 fully saturated rings. The Morgan fingerprint density at radius 2 is 1.93 bits per heavy atom. The highest BCUT2D eigenvalue weighted by atomic mass is 32.1. The van der Waals surface area contributed by atoms with Gasteiger partial charge in [0.2, 0.25) is 0 Å². The van der Waals surface area contributed by atoms with Crippen molar-refractivity contribution in [2.75, 3.05) is 0 Å². The van der Waals surface area contributed by atoms with Crippen molar-refractivity contribution >= 4 is 11.3 Å². The summed E-state index contributed by atoms with van der Waals surface area (Å²) >= 11 is 1.50. The highest BCUT2D eigenvalue weighted by Gasteiger charge is 2.00. The lowest BCUT2D eigenvalue weighted by atomic mass is 10.1. The number of hydrogen-bond acceptors (Lipinski definition) is 4. The molecular weight excluding hydrogens is 208 g/mol. The lowest BCUT2D eigenvalue weighted by molar-refractivity contribution is 0.304. The van der Waals surface area contributed by atoms with Gasteiger partial charge in [-0.15, -0.1) is 21.5 Å². The monoisotopic (exact) mass is 220 g/mol. The minimum absolute atomic E-state index is 0.494. The van der Waals surface area contributed by atoms with Crippen LogP contribution in [0, 0.1) is 13.8 Å². The Morgan fingerprint density at radius 3 is 2.53 bits per heavy atom. The van der Waals surface area contributed by atoms with E-state index in [2.05, 4.69) is 30.1 Å². The number of rotatable bonds is 3. The van der Waals surface area contributed by atoms with Crippen LogP contribution in [-0.4, -0.2) is 10.2 Å². The quantitative estimate of drug-likeness (QED) is 0.797. The fourth-order valence-corrected chi connectivity index (χ4v) is 1.86. The van der Waals surface area contributed by atoms with E-state index in [-0.39, 0.29) is 0 Å². The number of benzene rings is 1. The summed E-state index contributed by atoms with van der Waals surface area (Å²) in [6, 6.07) is 6.17. The molecule has 0 bridgehead atoms. The Morgan fingerprint density at radius 1 is 1.20 bits per heavy atom. The Kier molecular flexibility index (Phi) is 2.97. The molecule has 2 rings (SSSR count). The lowest BCUT2D eigenvalue weighted by Gasteiger charge is -2.05. The van der Waals surface area contributed by atoms with E-state index in [9.17, 15) is 0 Å². The maximum absolute atomic E-state index is 5.62. The van der Waals surface area contributed by atoms with Gasteiger partial charge in [-0.1, -0.05) is 6.07 Å². The molecule has 0 N–H and O–H groups in total. The van der Waals surface area contributed by atoms with Gasteiger partial charge in [-0.05, 0) is 37.1 Å². The third kappa shape index (κ3) is 2.76. The fraction of sp³-hybridized carbons (Fsp3) is 0.273. The van der Waals surface area contributed by atoms with Crippen molar-refractivity contribution < 1.29 is 4.74 Å². The summed E-state index contributed by atoms with van der Waals surface area (Å²) in [6.07, 6.45) is 0. The highest BCUT2D eigenvalue weighted by molar-refractivity contribution is 7.09. The third-order valence-electron chi connectivity index (χ3n) is 1.96. The van der Waals surface area contributed by atoms with Crippen molar-refractivity contribution in [3.63, 3.8) is 0 Å².